The number of nitrogens with one attached hydrogen (secondary N) is 1. The first-order valence-electron chi connectivity index (χ1n) is 6.47. The number of hydrogen-bond donors (Lipinski definition) is 1. The molecule has 6 nitrogen and oxygen atoms in total. The average Bonchev–Trinajstić information content (AvgIpc) is 2.64. The van der Waals surface area contributed by atoms with Crippen LogP contribution in [0, 0.1) is 13.8 Å². The SMILES string of the molecule is CCCN(CCN(C)C)S(=O)(=O)c1c(C)n[nH]c1C. The predicted octanol–water partition coefficient (Wildman–Crippen LogP) is 0.989. The number of sulfonamides is 1. The lowest BCUT2D eigenvalue weighted by Gasteiger charge is -2.23. The van der Waals surface area contributed by atoms with Gasteiger partial charge in [0.1, 0.15) is 4.90 Å². The highest BCUT2D eigenvalue weighted by atomic mass is 32.2. The van der Waals surface area contributed by atoms with Gasteiger partial charge < -0.3 is 4.90 Å². The third kappa shape index (κ3) is 3.77. The molecule has 1 N–H and O–H groups in total. The third-order valence-electron chi connectivity index (χ3n) is 2.93. The van der Waals surface area contributed by atoms with Crippen LogP contribution in [-0.2, 0) is 10.0 Å². The number of hydrogen-bond acceptors (Lipinski definition) is 4. The van der Waals surface area contributed by atoms with Crippen molar-refractivity contribution in [2.45, 2.75) is 32.1 Å². The standard InChI is InChI=1S/C12H24N4O2S/c1-6-7-16(9-8-15(4)5)19(17,18)12-10(2)13-14-11(12)3/h6-9H2,1-5H3,(H,13,14). The van der Waals surface area contributed by atoms with Gasteiger partial charge in [-0.2, -0.15) is 9.40 Å². The molecule has 0 bridgehead atoms. The molecule has 0 aliphatic carbocycles. The lowest BCUT2D eigenvalue weighted by molar-refractivity contribution is 0.332. The van der Waals surface area contributed by atoms with Gasteiger partial charge >= 0.3 is 0 Å². The van der Waals surface area contributed by atoms with Crippen molar-refractivity contribution in [3.8, 4) is 0 Å². The molecule has 0 saturated heterocycles. The van der Waals surface area contributed by atoms with E-state index in [9.17, 15) is 8.42 Å². The Balaban J connectivity index is 3.06. The molecule has 0 atom stereocenters. The molecule has 0 saturated carbocycles. The van der Waals surface area contributed by atoms with Crippen molar-refractivity contribution in [1.29, 1.82) is 0 Å². The average molecular weight is 288 g/mol. The van der Waals surface area contributed by atoms with Crippen LogP contribution in [0.2, 0.25) is 0 Å². The van der Waals surface area contributed by atoms with Crippen LogP contribution in [0.5, 0.6) is 0 Å². The van der Waals surface area contributed by atoms with E-state index < -0.39 is 10.0 Å². The molecule has 0 aliphatic rings. The molecule has 1 heterocycles. The molecular formula is C12H24N4O2S. The van der Waals surface area contributed by atoms with Crippen LogP contribution in [0.25, 0.3) is 0 Å². The Kier molecular flexibility index (Phi) is 5.51. The minimum absolute atomic E-state index is 0.319. The van der Waals surface area contributed by atoms with E-state index in [-0.39, 0.29) is 0 Å². The van der Waals surface area contributed by atoms with Crippen LogP contribution in [0.3, 0.4) is 0 Å². The molecule has 0 aliphatic heterocycles. The Morgan fingerprint density at radius 3 is 2.21 bits per heavy atom. The fraction of sp³-hybridized carbons (Fsp3) is 0.750. The molecule has 0 fully saturated rings. The number of nitrogens with zero attached hydrogens (tertiary/aromatic N) is 3. The molecule has 110 valence electrons. The molecular weight excluding hydrogens is 264 g/mol. The Bertz CT molecular complexity index is 488. The predicted molar refractivity (Wildman–Crippen MR) is 75.7 cm³/mol. The van der Waals surface area contributed by atoms with E-state index in [2.05, 4.69) is 10.2 Å². The summed E-state index contributed by atoms with van der Waals surface area (Å²) in [5.74, 6) is 0. The Morgan fingerprint density at radius 1 is 1.16 bits per heavy atom. The molecule has 1 rings (SSSR count). The van der Waals surface area contributed by atoms with Crippen LogP contribution in [0.4, 0.5) is 0 Å². The van der Waals surface area contributed by atoms with Crippen molar-refractivity contribution < 1.29 is 8.42 Å². The van der Waals surface area contributed by atoms with Crippen molar-refractivity contribution in [2.75, 3.05) is 33.7 Å². The smallest absolute Gasteiger partial charge is 0.246 e. The summed E-state index contributed by atoms with van der Waals surface area (Å²) >= 11 is 0. The van der Waals surface area contributed by atoms with Crippen molar-refractivity contribution in [3.05, 3.63) is 11.4 Å². The molecule has 7 heteroatoms. The lowest BCUT2D eigenvalue weighted by Crippen LogP contribution is -2.37. The zero-order valence-electron chi connectivity index (χ0n) is 12.4. The highest BCUT2D eigenvalue weighted by Gasteiger charge is 2.28. The van der Waals surface area contributed by atoms with E-state index in [0.29, 0.717) is 35.9 Å². The van der Waals surface area contributed by atoms with Gasteiger partial charge in [-0.1, -0.05) is 6.92 Å². The van der Waals surface area contributed by atoms with Crippen LogP contribution in [0.15, 0.2) is 4.90 Å². The van der Waals surface area contributed by atoms with E-state index in [1.165, 1.54) is 4.31 Å². The number of likely N-dealkylation sites (N-methyl/N-ethyl adjacent to an activating group) is 1. The van der Waals surface area contributed by atoms with Crippen LogP contribution in [-0.4, -0.2) is 61.5 Å². The highest BCUT2D eigenvalue weighted by Crippen LogP contribution is 2.21. The fourth-order valence-electron chi connectivity index (χ4n) is 1.96. The Hall–Kier alpha value is -0.920. The number of H-pyrrole nitrogens is 1. The molecule has 0 radical (unpaired) electrons. The van der Waals surface area contributed by atoms with E-state index >= 15 is 0 Å². The van der Waals surface area contributed by atoms with Gasteiger partial charge in [0, 0.05) is 19.6 Å². The van der Waals surface area contributed by atoms with Crippen molar-refractivity contribution >= 4 is 10.0 Å². The summed E-state index contributed by atoms with van der Waals surface area (Å²) in [7, 11) is 0.407. The first-order valence-corrected chi connectivity index (χ1v) is 7.91. The van der Waals surface area contributed by atoms with Gasteiger partial charge in [-0.05, 0) is 34.4 Å². The number of aryl methyl sites for hydroxylation is 2. The highest BCUT2D eigenvalue weighted by molar-refractivity contribution is 7.89. The van der Waals surface area contributed by atoms with Crippen LogP contribution < -0.4 is 0 Å². The lowest BCUT2D eigenvalue weighted by atomic mass is 10.4. The molecule has 0 amide bonds. The molecule has 0 spiro atoms. The van der Waals surface area contributed by atoms with Gasteiger partial charge in [-0.25, -0.2) is 8.42 Å². The van der Waals surface area contributed by atoms with E-state index in [4.69, 9.17) is 0 Å². The summed E-state index contributed by atoms with van der Waals surface area (Å²) in [6.07, 6.45) is 0.794. The monoisotopic (exact) mass is 288 g/mol. The second kappa shape index (κ2) is 6.49. The van der Waals surface area contributed by atoms with Gasteiger partial charge in [0.2, 0.25) is 10.0 Å². The van der Waals surface area contributed by atoms with Gasteiger partial charge in [-0.3, -0.25) is 5.10 Å². The largest absolute Gasteiger partial charge is 0.308 e. The maximum atomic E-state index is 12.7. The zero-order valence-corrected chi connectivity index (χ0v) is 13.2. The second-order valence-corrected chi connectivity index (χ2v) is 6.85. The zero-order chi connectivity index (χ0) is 14.6. The first-order chi connectivity index (χ1) is 8.80. The van der Waals surface area contributed by atoms with Gasteiger partial charge in [0.25, 0.3) is 0 Å². The van der Waals surface area contributed by atoms with Gasteiger partial charge in [0.15, 0.2) is 0 Å². The topological polar surface area (TPSA) is 69.3 Å². The number of aromatic amines is 1. The third-order valence-corrected chi connectivity index (χ3v) is 5.09. The van der Waals surface area contributed by atoms with Crippen LogP contribution >= 0.6 is 0 Å². The molecule has 1 aromatic rings. The van der Waals surface area contributed by atoms with Gasteiger partial charge in [0.05, 0.1) is 11.4 Å². The minimum Gasteiger partial charge on any atom is -0.308 e. The van der Waals surface area contributed by atoms with E-state index in [1.807, 2.05) is 25.9 Å². The van der Waals surface area contributed by atoms with Gasteiger partial charge in [-0.15, -0.1) is 0 Å². The first kappa shape index (κ1) is 16.1. The normalized spacial score (nSPS) is 12.6. The second-order valence-electron chi connectivity index (χ2n) is 4.97. The minimum atomic E-state index is -3.46. The van der Waals surface area contributed by atoms with Crippen molar-refractivity contribution in [1.82, 2.24) is 19.4 Å². The van der Waals surface area contributed by atoms with Crippen molar-refractivity contribution in [3.63, 3.8) is 0 Å². The summed E-state index contributed by atoms with van der Waals surface area (Å²) in [5, 5.41) is 6.72. The van der Waals surface area contributed by atoms with Crippen LogP contribution in [0.1, 0.15) is 24.7 Å². The Labute approximate surface area is 115 Å². The quantitative estimate of drug-likeness (QED) is 0.812. The molecule has 1 aromatic heterocycles. The summed E-state index contributed by atoms with van der Waals surface area (Å²) in [4.78, 5) is 2.30. The molecule has 0 unspecified atom stereocenters. The summed E-state index contributed by atoms with van der Waals surface area (Å²) in [6.45, 7) is 7.16. The number of rotatable bonds is 7. The molecule has 19 heavy (non-hydrogen) atoms. The van der Waals surface area contributed by atoms with Crippen molar-refractivity contribution in [2.24, 2.45) is 0 Å². The fourth-order valence-corrected chi connectivity index (χ4v) is 3.82. The number of aromatic nitrogens is 2. The summed E-state index contributed by atoms with van der Waals surface area (Å²) in [6, 6.07) is 0. The molecule has 0 aromatic carbocycles. The van der Waals surface area contributed by atoms with E-state index in [1.54, 1.807) is 13.8 Å². The van der Waals surface area contributed by atoms with E-state index in [0.717, 1.165) is 6.42 Å². The maximum absolute atomic E-state index is 12.7. The summed E-state index contributed by atoms with van der Waals surface area (Å²) < 4.78 is 26.9. The Morgan fingerprint density at radius 2 is 1.79 bits per heavy atom. The summed E-state index contributed by atoms with van der Waals surface area (Å²) in [5.41, 5.74) is 1.13. The maximum Gasteiger partial charge on any atom is 0.246 e.